The van der Waals surface area contributed by atoms with Gasteiger partial charge in [-0.05, 0) is 125 Å². The normalized spacial score (nSPS) is 13.9. The minimum absolute atomic E-state index is 0.0386. The fourth-order valence-electron chi connectivity index (χ4n) is 9.16. The van der Waals surface area contributed by atoms with E-state index in [0.717, 1.165) is 72.6 Å². The molecule has 1 aliphatic rings. The molecule has 10 rings (SSSR count). The number of para-hydroxylation sites is 3. The SMILES string of the molecule is [2H]C([2H])([2H])c1cc(C(C)(C)c2ccccc2)cc(C)c1-c1ccnc(-n2c3ccccc3c3ccc(Oc4cccc(N5CN(c6cccc(C(C)(C)C)c6)c6ccccc65)c4)cc32)c1. The lowest BCUT2D eigenvalue weighted by molar-refractivity contribution is 0.483. The van der Waals surface area contributed by atoms with E-state index < -0.39 is 12.3 Å². The van der Waals surface area contributed by atoms with Crippen molar-refractivity contribution in [2.24, 2.45) is 0 Å². The van der Waals surface area contributed by atoms with E-state index in [0.29, 0.717) is 29.4 Å². The Labute approximate surface area is 369 Å². The summed E-state index contributed by atoms with van der Waals surface area (Å²) in [6.07, 6.45) is 1.78. The maximum absolute atomic E-state index is 8.75. The van der Waals surface area contributed by atoms with Gasteiger partial charge in [0, 0.05) is 50.0 Å². The number of ether oxygens (including phenoxy) is 1. The van der Waals surface area contributed by atoms with Crippen molar-refractivity contribution in [3.63, 3.8) is 0 Å². The second-order valence-electron chi connectivity index (χ2n) is 18.0. The molecular formula is C57H52N4O. The summed E-state index contributed by atoms with van der Waals surface area (Å²) in [6.45, 7) is 11.4. The first-order valence-corrected chi connectivity index (χ1v) is 21.4. The van der Waals surface area contributed by atoms with E-state index in [1.54, 1.807) is 6.20 Å². The lowest BCUT2D eigenvalue weighted by atomic mass is 9.76. The summed E-state index contributed by atoms with van der Waals surface area (Å²) in [7, 11) is 0. The summed E-state index contributed by atoms with van der Waals surface area (Å²) in [5.41, 5.74) is 12.2. The molecule has 0 N–H and O–H groups in total. The van der Waals surface area contributed by atoms with Crippen molar-refractivity contribution >= 4 is 44.6 Å². The van der Waals surface area contributed by atoms with Gasteiger partial charge in [0.15, 0.2) is 0 Å². The maximum atomic E-state index is 8.75. The molecule has 0 saturated heterocycles. The highest BCUT2D eigenvalue weighted by molar-refractivity contribution is 6.09. The van der Waals surface area contributed by atoms with Crippen molar-refractivity contribution in [3.05, 3.63) is 204 Å². The Balaban J connectivity index is 1.01. The number of fused-ring (bicyclic) bond motifs is 4. The van der Waals surface area contributed by atoms with Crippen LogP contribution < -0.4 is 14.5 Å². The summed E-state index contributed by atoms with van der Waals surface area (Å²) >= 11 is 0. The van der Waals surface area contributed by atoms with Crippen LogP contribution in [-0.2, 0) is 10.8 Å². The smallest absolute Gasteiger partial charge is 0.138 e. The van der Waals surface area contributed by atoms with Gasteiger partial charge in [-0.25, -0.2) is 4.98 Å². The summed E-state index contributed by atoms with van der Waals surface area (Å²) in [5, 5.41) is 2.14. The number of hydrogen-bond donors (Lipinski definition) is 0. The van der Waals surface area contributed by atoms with Crippen molar-refractivity contribution in [2.45, 2.75) is 59.2 Å². The molecule has 5 nitrogen and oxygen atoms in total. The van der Waals surface area contributed by atoms with Gasteiger partial charge in [0.25, 0.3) is 0 Å². The van der Waals surface area contributed by atoms with Crippen LogP contribution in [0.5, 0.6) is 11.5 Å². The fourth-order valence-corrected chi connectivity index (χ4v) is 9.16. The first-order valence-electron chi connectivity index (χ1n) is 22.9. The molecule has 0 unspecified atom stereocenters. The number of nitrogens with zero attached hydrogens (tertiary/aromatic N) is 4. The lowest BCUT2D eigenvalue weighted by Gasteiger charge is -2.28. The largest absolute Gasteiger partial charge is 0.457 e. The van der Waals surface area contributed by atoms with E-state index in [4.69, 9.17) is 13.8 Å². The van der Waals surface area contributed by atoms with Gasteiger partial charge < -0.3 is 14.5 Å². The summed E-state index contributed by atoms with van der Waals surface area (Å²) in [5.74, 6) is 2.10. The number of anilines is 4. The van der Waals surface area contributed by atoms with Crippen LogP contribution in [0.1, 0.15) is 66.5 Å². The lowest BCUT2D eigenvalue weighted by Crippen LogP contribution is -2.24. The van der Waals surface area contributed by atoms with E-state index in [1.165, 1.54) is 5.56 Å². The van der Waals surface area contributed by atoms with Crippen molar-refractivity contribution < 1.29 is 8.85 Å². The van der Waals surface area contributed by atoms with Gasteiger partial charge in [0.2, 0.25) is 0 Å². The Morgan fingerprint density at radius 1 is 0.548 bits per heavy atom. The molecule has 0 saturated carbocycles. The Kier molecular flexibility index (Phi) is 8.68. The topological polar surface area (TPSA) is 33.5 Å². The zero-order valence-electron chi connectivity index (χ0n) is 39.1. The van der Waals surface area contributed by atoms with Crippen LogP contribution in [0.15, 0.2) is 176 Å². The summed E-state index contributed by atoms with van der Waals surface area (Å²) in [4.78, 5) is 9.64. The first-order chi connectivity index (χ1) is 31.1. The van der Waals surface area contributed by atoms with Crippen molar-refractivity contribution in [1.82, 2.24) is 9.55 Å². The van der Waals surface area contributed by atoms with E-state index >= 15 is 0 Å². The molecule has 3 heterocycles. The number of aromatic nitrogens is 2. The van der Waals surface area contributed by atoms with Gasteiger partial charge in [0.1, 0.15) is 24.0 Å². The molecule has 0 radical (unpaired) electrons. The molecule has 0 fully saturated rings. The second kappa shape index (κ2) is 15.1. The van der Waals surface area contributed by atoms with Crippen molar-refractivity contribution in [3.8, 4) is 28.4 Å². The van der Waals surface area contributed by atoms with Gasteiger partial charge in [-0.2, -0.15) is 0 Å². The van der Waals surface area contributed by atoms with Gasteiger partial charge in [-0.1, -0.05) is 126 Å². The molecule has 5 heteroatoms. The Hall–Kier alpha value is -7.11. The van der Waals surface area contributed by atoms with Crippen LogP contribution in [0.2, 0.25) is 0 Å². The predicted octanol–water partition coefficient (Wildman–Crippen LogP) is 15.1. The highest BCUT2D eigenvalue weighted by Gasteiger charge is 2.29. The third-order valence-electron chi connectivity index (χ3n) is 12.6. The molecule has 2 aromatic heterocycles. The minimum Gasteiger partial charge on any atom is -0.457 e. The monoisotopic (exact) mass is 811 g/mol. The third kappa shape index (κ3) is 6.88. The van der Waals surface area contributed by atoms with Gasteiger partial charge >= 0.3 is 0 Å². The quantitative estimate of drug-likeness (QED) is 0.153. The molecule has 0 atom stereocenters. The van der Waals surface area contributed by atoms with Crippen LogP contribution in [-0.4, -0.2) is 16.2 Å². The van der Waals surface area contributed by atoms with Crippen LogP contribution in [0.4, 0.5) is 22.7 Å². The van der Waals surface area contributed by atoms with Crippen LogP contribution in [0.25, 0.3) is 38.8 Å². The molecular weight excluding hydrogens is 757 g/mol. The highest BCUT2D eigenvalue weighted by Crippen LogP contribution is 2.46. The number of aryl methyl sites for hydroxylation is 2. The van der Waals surface area contributed by atoms with Gasteiger partial charge in [-0.3, -0.25) is 4.57 Å². The predicted molar refractivity (Wildman–Crippen MR) is 259 cm³/mol. The molecule has 0 aliphatic carbocycles. The molecule has 62 heavy (non-hydrogen) atoms. The zero-order chi connectivity index (χ0) is 45.3. The maximum Gasteiger partial charge on any atom is 0.138 e. The summed E-state index contributed by atoms with van der Waals surface area (Å²) < 4.78 is 35.1. The van der Waals surface area contributed by atoms with E-state index in [1.807, 2.05) is 67.6 Å². The highest BCUT2D eigenvalue weighted by atomic mass is 16.5. The molecule has 0 bridgehead atoms. The fraction of sp³-hybridized carbons (Fsp3) is 0.175. The molecule has 7 aromatic carbocycles. The van der Waals surface area contributed by atoms with Gasteiger partial charge in [-0.15, -0.1) is 0 Å². The van der Waals surface area contributed by atoms with Crippen molar-refractivity contribution in [1.29, 1.82) is 0 Å². The molecule has 0 spiro atoms. The second-order valence-corrected chi connectivity index (χ2v) is 18.0. The van der Waals surface area contributed by atoms with E-state index in [2.05, 4.69) is 158 Å². The Morgan fingerprint density at radius 2 is 1.19 bits per heavy atom. The standard InChI is InChI=1S/C57H52N4O/c1-38-31-43(57(6,7)41-17-9-8-10-18-41)32-39(2)55(38)40-29-30-58-54(33-40)61-50-24-12-11-23-48(50)49-28-27-47(36-53(49)61)62-46-22-16-21-45(35-46)60-37-59(51-25-13-14-26-52(51)60)44-20-15-19-42(34-44)56(3,4)5/h8-36H,37H2,1-7H3/i1D3. The van der Waals surface area contributed by atoms with Crippen molar-refractivity contribution in [2.75, 3.05) is 16.5 Å². The van der Waals surface area contributed by atoms with Crippen LogP contribution >= 0.6 is 0 Å². The zero-order valence-corrected chi connectivity index (χ0v) is 36.1. The molecule has 0 amide bonds. The third-order valence-corrected chi connectivity index (χ3v) is 12.6. The van der Waals surface area contributed by atoms with E-state index in [9.17, 15) is 0 Å². The Morgan fingerprint density at radius 3 is 1.95 bits per heavy atom. The first kappa shape index (κ1) is 35.6. The number of rotatable bonds is 8. The molecule has 306 valence electrons. The number of hydrogen-bond acceptors (Lipinski definition) is 4. The Bertz CT molecular complexity index is 3250. The average molecular weight is 812 g/mol. The average Bonchev–Trinajstić information content (AvgIpc) is 3.85. The summed E-state index contributed by atoms with van der Waals surface area (Å²) in [6, 6.07) is 58.4. The molecule has 1 aliphatic heterocycles. The number of benzene rings is 7. The van der Waals surface area contributed by atoms with Crippen LogP contribution in [0, 0.1) is 13.8 Å². The molecule has 9 aromatic rings. The van der Waals surface area contributed by atoms with Crippen LogP contribution in [0.3, 0.4) is 0 Å². The van der Waals surface area contributed by atoms with E-state index in [-0.39, 0.29) is 5.41 Å². The minimum atomic E-state index is -2.35. The van der Waals surface area contributed by atoms with Gasteiger partial charge in [0.05, 0.1) is 22.4 Å². The number of pyridine rings is 1.